The Morgan fingerprint density at radius 1 is 1.12 bits per heavy atom. The number of carbonyl (C=O) groups excluding carboxylic acids is 2. The fourth-order valence-electron chi connectivity index (χ4n) is 4.70. The van der Waals surface area contributed by atoms with Crippen molar-refractivity contribution in [2.24, 2.45) is 0 Å². The van der Waals surface area contributed by atoms with Crippen molar-refractivity contribution in [1.29, 1.82) is 0 Å². The van der Waals surface area contributed by atoms with Crippen molar-refractivity contribution < 1.29 is 14.3 Å². The molecule has 26 heavy (non-hydrogen) atoms. The van der Waals surface area contributed by atoms with Crippen LogP contribution in [0.2, 0.25) is 0 Å². The van der Waals surface area contributed by atoms with Crippen molar-refractivity contribution in [2.75, 3.05) is 19.7 Å². The summed E-state index contributed by atoms with van der Waals surface area (Å²) in [7, 11) is 0. The van der Waals surface area contributed by atoms with Crippen molar-refractivity contribution in [3.8, 4) is 0 Å². The molecule has 3 heterocycles. The number of fused-ring (bicyclic) bond motifs is 3. The van der Waals surface area contributed by atoms with Crippen molar-refractivity contribution in [1.82, 2.24) is 4.90 Å². The molecule has 5 heteroatoms. The zero-order valence-corrected chi connectivity index (χ0v) is 15.4. The van der Waals surface area contributed by atoms with E-state index in [9.17, 15) is 9.59 Å². The molecule has 3 aliphatic rings. The third kappa shape index (κ3) is 2.37. The highest BCUT2D eigenvalue weighted by molar-refractivity contribution is 7.10. The van der Waals surface area contributed by atoms with E-state index < -0.39 is 0 Å². The Morgan fingerprint density at radius 2 is 1.96 bits per heavy atom. The van der Waals surface area contributed by atoms with E-state index in [1.54, 1.807) is 0 Å². The van der Waals surface area contributed by atoms with Gasteiger partial charge in [0.1, 0.15) is 0 Å². The lowest BCUT2D eigenvalue weighted by atomic mass is 9.82. The number of likely N-dealkylation sites (tertiary alicyclic amines) is 1. The summed E-state index contributed by atoms with van der Waals surface area (Å²) in [5.74, 6) is 0.223. The highest BCUT2D eigenvalue weighted by atomic mass is 32.1. The lowest BCUT2D eigenvalue weighted by Gasteiger charge is -2.44. The Morgan fingerprint density at radius 3 is 2.81 bits per heavy atom. The number of Topliss-reactive ketones (excluding diaryl/α,β-unsaturated/α-hetero) is 1. The van der Waals surface area contributed by atoms with E-state index in [2.05, 4.69) is 11.4 Å². The van der Waals surface area contributed by atoms with Crippen LogP contribution in [-0.4, -0.2) is 36.3 Å². The molecule has 0 atom stereocenters. The number of hydrogen-bond donors (Lipinski definition) is 0. The molecular formula is C21H21NO3S. The molecule has 4 nitrogen and oxygen atoms in total. The van der Waals surface area contributed by atoms with Gasteiger partial charge < -0.3 is 9.64 Å². The van der Waals surface area contributed by atoms with Crippen molar-refractivity contribution >= 4 is 23.0 Å². The lowest BCUT2D eigenvalue weighted by molar-refractivity contribution is -0.0926. The zero-order valence-electron chi connectivity index (χ0n) is 14.6. The summed E-state index contributed by atoms with van der Waals surface area (Å²) >= 11 is 1.82. The van der Waals surface area contributed by atoms with Crippen LogP contribution < -0.4 is 0 Å². The van der Waals surface area contributed by atoms with Gasteiger partial charge >= 0.3 is 0 Å². The van der Waals surface area contributed by atoms with Crippen LogP contribution in [0.15, 0.2) is 29.6 Å². The number of hydrogen-bond acceptors (Lipinski definition) is 4. The van der Waals surface area contributed by atoms with Crippen LogP contribution in [0.5, 0.6) is 0 Å². The van der Waals surface area contributed by atoms with Crippen LogP contribution in [0.25, 0.3) is 0 Å². The second-order valence-corrected chi connectivity index (χ2v) is 8.40. The first-order valence-electron chi connectivity index (χ1n) is 9.33. The lowest BCUT2D eigenvalue weighted by Crippen LogP contribution is -2.48. The van der Waals surface area contributed by atoms with Crippen LogP contribution in [0.3, 0.4) is 0 Å². The molecule has 0 unspecified atom stereocenters. The van der Waals surface area contributed by atoms with Gasteiger partial charge in [-0.25, -0.2) is 0 Å². The molecule has 1 fully saturated rings. The van der Waals surface area contributed by atoms with E-state index in [0.717, 1.165) is 37.0 Å². The number of thiophene rings is 1. The number of piperidine rings is 1. The normalized spacial score (nSPS) is 20.9. The van der Waals surface area contributed by atoms with Gasteiger partial charge in [-0.3, -0.25) is 9.59 Å². The summed E-state index contributed by atoms with van der Waals surface area (Å²) in [5.41, 5.74) is 3.52. The highest BCUT2D eigenvalue weighted by Crippen LogP contribution is 2.43. The highest BCUT2D eigenvalue weighted by Gasteiger charge is 2.42. The summed E-state index contributed by atoms with van der Waals surface area (Å²) in [6.07, 6.45) is 3.90. The van der Waals surface area contributed by atoms with Gasteiger partial charge in [0.2, 0.25) is 0 Å². The minimum Gasteiger partial charge on any atom is -0.370 e. The van der Waals surface area contributed by atoms with Gasteiger partial charge in [-0.2, -0.15) is 0 Å². The molecule has 1 amide bonds. The molecule has 1 aromatic carbocycles. The molecule has 2 aromatic rings. The summed E-state index contributed by atoms with van der Waals surface area (Å²) in [6, 6.07) is 7.76. The zero-order chi connectivity index (χ0) is 17.7. The average molecular weight is 367 g/mol. The first-order valence-corrected chi connectivity index (χ1v) is 10.2. The number of carbonyl (C=O) groups is 2. The quantitative estimate of drug-likeness (QED) is 0.774. The smallest absolute Gasteiger partial charge is 0.254 e. The first kappa shape index (κ1) is 16.2. The summed E-state index contributed by atoms with van der Waals surface area (Å²) in [6.45, 7) is 2.17. The molecule has 1 aliphatic carbocycles. The molecule has 0 N–H and O–H groups in total. The molecule has 5 rings (SSSR count). The summed E-state index contributed by atoms with van der Waals surface area (Å²) in [5, 5.41) is 2.16. The molecular weight excluding hydrogens is 346 g/mol. The van der Waals surface area contributed by atoms with Gasteiger partial charge in [-0.1, -0.05) is 12.1 Å². The second-order valence-electron chi connectivity index (χ2n) is 7.40. The maximum atomic E-state index is 13.1. The Balaban J connectivity index is 1.37. The molecule has 1 saturated heterocycles. The Hall–Kier alpha value is -1.98. The largest absolute Gasteiger partial charge is 0.370 e. The number of rotatable bonds is 1. The van der Waals surface area contributed by atoms with Crippen molar-refractivity contribution in [3.63, 3.8) is 0 Å². The second kappa shape index (κ2) is 6.03. The minimum absolute atomic E-state index is 0.0627. The van der Waals surface area contributed by atoms with Gasteiger partial charge in [-0.15, -0.1) is 11.3 Å². The maximum Gasteiger partial charge on any atom is 0.254 e. The van der Waals surface area contributed by atoms with Crippen LogP contribution >= 0.6 is 11.3 Å². The van der Waals surface area contributed by atoms with Crippen molar-refractivity contribution in [3.05, 3.63) is 56.8 Å². The topological polar surface area (TPSA) is 46.6 Å². The molecule has 1 spiro atoms. The van der Waals surface area contributed by atoms with Gasteiger partial charge in [0.05, 0.1) is 12.2 Å². The predicted molar refractivity (Wildman–Crippen MR) is 99.9 cm³/mol. The predicted octanol–water partition coefficient (Wildman–Crippen LogP) is 3.58. The van der Waals surface area contributed by atoms with Crippen LogP contribution in [0.1, 0.15) is 56.0 Å². The molecule has 2 aliphatic heterocycles. The Bertz CT molecular complexity index is 892. The fourth-order valence-corrected chi connectivity index (χ4v) is 5.65. The average Bonchev–Trinajstić information content (AvgIpc) is 3.30. The summed E-state index contributed by atoms with van der Waals surface area (Å²) < 4.78 is 6.24. The van der Waals surface area contributed by atoms with Gasteiger partial charge in [0.15, 0.2) is 5.78 Å². The Kier molecular flexibility index (Phi) is 3.76. The van der Waals surface area contributed by atoms with E-state index in [4.69, 9.17) is 4.74 Å². The van der Waals surface area contributed by atoms with E-state index in [1.807, 2.05) is 34.4 Å². The third-order valence-electron chi connectivity index (χ3n) is 6.11. The SMILES string of the molecule is O=C1CCc2c1cccc2C(=O)N1CCC2(CC1)OCCc1sccc12. The Labute approximate surface area is 156 Å². The van der Waals surface area contributed by atoms with Crippen LogP contribution in [0, 0.1) is 0 Å². The van der Waals surface area contributed by atoms with E-state index in [0.29, 0.717) is 31.5 Å². The van der Waals surface area contributed by atoms with E-state index in [1.165, 1.54) is 10.4 Å². The molecule has 0 radical (unpaired) electrons. The molecule has 134 valence electrons. The number of ketones is 1. The van der Waals surface area contributed by atoms with Gasteiger partial charge in [-0.05, 0) is 47.9 Å². The standard InChI is InChI=1S/C21H21NO3S/c23-18-5-4-14-15(18)2-1-3-16(14)20(24)22-10-8-21(9-11-22)17-7-13-26-19(17)6-12-25-21/h1-3,7,13H,4-6,8-12H2. The van der Waals surface area contributed by atoms with Crippen LogP contribution in [0.4, 0.5) is 0 Å². The first-order chi connectivity index (χ1) is 12.7. The fraction of sp³-hybridized carbons (Fsp3) is 0.429. The van der Waals surface area contributed by atoms with E-state index in [-0.39, 0.29) is 17.3 Å². The summed E-state index contributed by atoms with van der Waals surface area (Å²) in [4.78, 5) is 28.5. The molecule has 0 saturated carbocycles. The van der Waals surface area contributed by atoms with E-state index >= 15 is 0 Å². The number of benzene rings is 1. The van der Waals surface area contributed by atoms with Crippen molar-refractivity contribution in [2.45, 2.75) is 37.7 Å². The molecule has 1 aromatic heterocycles. The number of nitrogens with zero attached hydrogens (tertiary/aromatic N) is 1. The monoisotopic (exact) mass is 367 g/mol. The third-order valence-corrected chi connectivity index (χ3v) is 7.09. The van der Waals surface area contributed by atoms with Gasteiger partial charge in [0, 0.05) is 41.9 Å². The number of amides is 1. The van der Waals surface area contributed by atoms with Crippen LogP contribution in [-0.2, 0) is 23.2 Å². The number of ether oxygens (including phenoxy) is 1. The van der Waals surface area contributed by atoms with Gasteiger partial charge in [0.25, 0.3) is 5.91 Å². The molecule has 0 bridgehead atoms. The minimum atomic E-state index is -0.209. The maximum absolute atomic E-state index is 13.1.